The van der Waals surface area contributed by atoms with Crippen molar-refractivity contribution in [2.24, 2.45) is 5.73 Å². The van der Waals surface area contributed by atoms with Crippen LogP contribution in [0.2, 0.25) is 0 Å². The number of rotatable bonds is 4. The molecule has 0 aliphatic carbocycles. The van der Waals surface area contributed by atoms with Gasteiger partial charge in [-0.05, 0) is 55.2 Å². The first kappa shape index (κ1) is 15.4. The molecular formula is C18H23NO2. The highest BCUT2D eigenvalue weighted by Gasteiger charge is 2.15. The predicted octanol–water partition coefficient (Wildman–Crippen LogP) is 3.75. The molecular weight excluding hydrogens is 262 g/mol. The highest BCUT2D eigenvalue weighted by molar-refractivity contribution is 5.75. The summed E-state index contributed by atoms with van der Waals surface area (Å²) in [5.74, 6) is 1.43. The fourth-order valence-electron chi connectivity index (χ4n) is 2.97. The smallest absolute Gasteiger partial charge is 0.165 e. The van der Waals surface area contributed by atoms with Gasteiger partial charge in [0, 0.05) is 12.1 Å². The number of hydrogen-bond donors (Lipinski definition) is 1. The Labute approximate surface area is 126 Å². The molecule has 21 heavy (non-hydrogen) atoms. The second-order valence-electron chi connectivity index (χ2n) is 5.35. The summed E-state index contributed by atoms with van der Waals surface area (Å²) in [5, 5.41) is 0. The van der Waals surface area contributed by atoms with Crippen molar-refractivity contribution in [2.75, 3.05) is 14.2 Å². The molecule has 2 aromatic carbocycles. The second-order valence-corrected chi connectivity index (χ2v) is 5.35. The molecule has 0 fully saturated rings. The summed E-state index contributed by atoms with van der Waals surface area (Å²) in [4.78, 5) is 0. The van der Waals surface area contributed by atoms with Gasteiger partial charge in [0.1, 0.15) is 0 Å². The maximum Gasteiger partial charge on any atom is 0.165 e. The molecule has 0 bridgehead atoms. The van der Waals surface area contributed by atoms with Gasteiger partial charge in [0.15, 0.2) is 11.5 Å². The van der Waals surface area contributed by atoms with Crippen LogP contribution in [0.4, 0.5) is 0 Å². The molecule has 3 nitrogen and oxygen atoms in total. The first-order valence-corrected chi connectivity index (χ1v) is 7.05. The SMILES string of the molecule is COc1cc(-c2c(C)cc(C)cc2C)cc(CN)c1OC. The third-order valence-electron chi connectivity index (χ3n) is 3.74. The summed E-state index contributed by atoms with van der Waals surface area (Å²) in [6.07, 6.45) is 0. The van der Waals surface area contributed by atoms with E-state index in [0.717, 1.165) is 16.9 Å². The van der Waals surface area contributed by atoms with E-state index in [-0.39, 0.29) is 0 Å². The van der Waals surface area contributed by atoms with Crippen molar-refractivity contribution in [2.45, 2.75) is 27.3 Å². The van der Waals surface area contributed by atoms with E-state index in [1.807, 2.05) is 6.07 Å². The molecule has 2 N–H and O–H groups in total. The Bertz CT molecular complexity index is 614. The van der Waals surface area contributed by atoms with Gasteiger partial charge in [0.25, 0.3) is 0 Å². The average molecular weight is 285 g/mol. The summed E-state index contributed by atoms with van der Waals surface area (Å²) < 4.78 is 10.9. The molecule has 0 radical (unpaired) electrons. The molecule has 0 saturated carbocycles. The van der Waals surface area contributed by atoms with E-state index in [9.17, 15) is 0 Å². The monoisotopic (exact) mass is 285 g/mol. The molecule has 3 heteroatoms. The molecule has 0 amide bonds. The molecule has 2 aromatic rings. The molecule has 0 spiro atoms. The molecule has 0 heterocycles. The number of nitrogens with two attached hydrogens (primary N) is 1. The van der Waals surface area contributed by atoms with Gasteiger partial charge < -0.3 is 15.2 Å². The summed E-state index contributed by atoms with van der Waals surface area (Å²) in [7, 11) is 3.29. The van der Waals surface area contributed by atoms with Crippen LogP contribution in [0.5, 0.6) is 11.5 Å². The van der Waals surface area contributed by atoms with Crippen molar-refractivity contribution >= 4 is 0 Å². The Morgan fingerprint density at radius 3 is 2.00 bits per heavy atom. The van der Waals surface area contributed by atoms with E-state index in [0.29, 0.717) is 12.3 Å². The van der Waals surface area contributed by atoms with Crippen molar-refractivity contribution in [3.63, 3.8) is 0 Å². The van der Waals surface area contributed by atoms with Crippen LogP contribution in [0, 0.1) is 20.8 Å². The largest absolute Gasteiger partial charge is 0.493 e. The highest BCUT2D eigenvalue weighted by Crippen LogP contribution is 2.38. The highest BCUT2D eigenvalue weighted by atomic mass is 16.5. The fraction of sp³-hybridized carbons (Fsp3) is 0.333. The van der Waals surface area contributed by atoms with Gasteiger partial charge in [0.05, 0.1) is 14.2 Å². The summed E-state index contributed by atoms with van der Waals surface area (Å²) >= 11 is 0. The molecule has 2 rings (SSSR count). The first-order valence-electron chi connectivity index (χ1n) is 7.05. The van der Waals surface area contributed by atoms with Crippen LogP contribution in [0.25, 0.3) is 11.1 Å². The second kappa shape index (κ2) is 6.19. The quantitative estimate of drug-likeness (QED) is 0.930. The number of benzene rings is 2. The van der Waals surface area contributed by atoms with Crippen LogP contribution in [0.15, 0.2) is 24.3 Å². The molecule has 112 valence electrons. The van der Waals surface area contributed by atoms with Gasteiger partial charge in [-0.15, -0.1) is 0 Å². The van der Waals surface area contributed by atoms with Gasteiger partial charge in [0.2, 0.25) is 0 Å². The van der Waals surface area contributed by atoms with Crippen LogP contribution >= 0.6 is 0 Å². The van der Waals surface area contributed by atoms with Crippen LogP contribution in [-0.4, -0.2) is 14.2 Å². The molecule has 0 aliphatic heterocycles. The summed E-state index contributed by atoms with van der Waals surface area (Å²) in [5.41, 5.74) is 12.9. The van der Waals surface area contributed by atoms with Crippen molar-refractivity contribution in [1.82, 2.24) is 0 Å². The third kappa shape index (κ3) is 2.88. The van der Waals surface area contributed by atoms with Crippen molar-refractivity contribution < 1.29 is 9.47 Å². The number of aryl methyl sites for hydroxylation is 3. The zero-order valence-corrected chi connectivity index (χ0v) is 13.4. The predicted molar refractivity (Wildman–Crippen MR) is 87.1 cm³/mol. The lowest BCUT2D eigenvalue weighted by molar-refractivity contribution is 0.352. The van der Waals surface area contributed by atoms with E-state index in [2.05, 4.69) is 39.0 Å². The van der Waals surface area contributed by atoms with Gasteiger partial charge in [-0.3, -0.25) is 0 Å². The minimum Gasteiger partial charge on any atom is -0.493 e. The average Bonchev–Trinajstić information content (AvgIpc) is 2.44. The number of ether oxygens (including phenoxy) is 2. The van der Waals surface area contributed by atoms with Crippen LogP contribution in [0.1, 0.15) is 22.3 Å². The Kier molecular flexibility index (Phi) is 4.53. The maximum absolute atomic E-state index is 5.86. The maximum atomic E-state index is 5.86. The van der Waals surface area contributed by atoms with Crippen molar-refractivity contribution in [3.05, 3.63) is 46.5 Å². The third-order valence-corrected chi connectivity index (χ3v) is 3.74. The Hall–Kier alpha value is -2.00. The Morgan fingerprint density at radius 1 is 0.905 bits per heavy atom. The lowest BCUT2D eigenvalue weighted by Gasteiger charge is -2.17. The molecule has 0 unspecified atom stereocenters. The zero-order chi connectivity index (χ0) is 15.6. The van der Waals surface area contributed by atoms with Gasteiger partial charge in [-0.2, -0.15) is 0 Å². The fourth-order valence-corrected chi connectivity index (χ4v) is 2.97. The summed E-state index contributed by atoms with van der Waals surface area (Å²) in [6, 6.07) is 8.50. The lowest BCUT2D eigenvalue weighted by Crippen LogP contribution is -2.03. The van der Waals surface area contributed by atoms with Crippen molar-refractivity contribution in [3.8, 4) is 22.6 Å². The van der Waals surface area contributed by atoms with Crippen molar-refractivity contribution in [1.29, 1.82) is 0 Å². The minimum atomic E-state index is 0.414. The Morgan fingerprint density at radius 2 is 1.52 bits per heavy atom. The topological polar surface area (TPSA) is 44.5 Å². The van der Waals surface area contributed by atoms with E-state index in [1.54, 1.807) is 14.2 Å². The summed E-state index contributed by atoms with van der Waals surface area (Å²) in [6.45, 7) is 6.79. The van der Waals surface area contributed by atoms with E-state index in [4.69, 9.17) is 15.2 Å². The Balaban J connectivity index is 2.70. The molecule has 0 atom stereocenters. The molecule has 0 aliphatic rings. The zero-order valence-electron chi connectivity index (χ0n) is 13.4. The minimum absolute atomic E-state index is 0.414. The lowest BCUT2D eigenvalue weighted by atomic mass is 9.92. The van der Waals surface area contributed by atoms with Crippen LogP contribution < -0.4 is 15.2 Å². The molecule has 0 saturated heterocycles. The normalized spacial score (nSPS) is 10.6. The van der Waals surface area contributed by atoms with E-state index >= 15 is 0 Å². The van der Waals surface area contributed by atoms with Gasteiger partial charge in [-0.1, -0.05) is 17.7 Å². The van der Waals surface area contributed by atoms with E-state index < -0.39 is 0 Å². The first-order chi connectivity index (χ1) is 10.0. The van der Waals surface area contributed by atoms with Gasteiger partial charge in [-0.25, -0.2) is 0 Å². The van der Waals surface area contributed by atoms with Crippen LogP contribution in [0.3, 0.4) is 0 Å². The van der Waals surface area contributed by atoms with E-state index in [1.165, 1.54) is 22.3 Å². The number of methoxy groups -OCH3 is 2. The standard InChI is InChI=1S/C18H23NO2/c1-11-6-12(2)17(13(3)7-11)14-8-15(10-19)18(21-5)16(9-14)20-4/h6-9H,10,19H2,1-5H3. The number of hydrogen-bond acceptors (Lipinski definition) is 3. The van der Waals surface area contributed by atoms with Gasteiger partial charge >= 0.3 is 0 Å². The molecule has 0 aromatic heterocycles. The van der Waals surface area contributed by atoms with Crippen LogP contribution in [-0.2, 0) is 6.54 Å².